The van der Waals surface area contributed by atoms with Gasteiger partial charge in [-0.3, -0.25) is 0 Å². The van der Waals surface area contributed by atoms with Crippen molar-refractivity contribution in [1.82, 2.24) is 0 Å². The zero-order chi connectivity index (χ0) is 9.84. The van der Waals surface area contributed by atoms with E-state index in [-0.39, 0.29) is 0 Å². The van der Waals surface area contributed by atoms with Crippen molar-refractivity contribution < 1.29 is 14.6 Å². The van der Waals surface area contributed by atoms with E-state index >= 15 is 0 Å². The lowest BCUT2D eigenvalue weighted by Gasteiger charge is -2.13. The van der Waals surface area contributed by atoms with Gasteiger partial charge < -0.3 is 14.6 Å². The van der Waals surface area contributed by atoms with E-state index in [1.54, 1.807) is 12.1 Å². The first kappa shape index (κ1) is 9.58. The van der Waals surface area contributed by atoms with Gasteiger partial charge in [-0.05, 0) is 25.0 Å². The van der Waals surface area contributed by atoms with Gasteiger partial charge in [0.1, 0.15) is 0 Å². The Hall–Kier alpha value is -1.51. The van der Waals surface area contributed by atoms with Crippen LogP contribution in [0.3, 0.4) is 0 Å². The van der Waals surface area contributed by atoms with Crippen LogP contribution in [0.25, 0.3) is 0 Å². The lowest BCUT2D eigenvalue weighted by molar-refractivity contribution is -0.271. The van der Waals surface area contributed by atoms with E-state index < -0.39 is 6.16 Å². The van der Waals surface area contributed by atoms with E-state index in [9.17, 15) is 9.90 Å². The Morgan fingerprint density at radius 2 is 2.23 bits per heavy atom. The summed E-state index contributed by atoms with van der Waals surface area (Å²) in [6.07, 6.45) is -0.775. The molecule has 13 heavy (non-hydrogen) atoms. The number of hydrogen-bond donors (Lipinski definition) is 0. The van der Waals surface area contributed by atoms with Crippen molar-refractivity contribution >= 4 is 6.16 Å². The van der Waals surface area contributed by atoms with Gasteiger partial charge in [0, 0.05) is 0 Å². The first-order chi connectivity index (χ1) is 6.13. The Morgan fingerprint density at radius 1 is 1.54 bits per heavy atom. The molecular formula is C10H11O3-. The third-order valence-electron chi connectivity index (χ3n) is 1.79. The molecule has 0 saturated heterocycles. The normalized spacial score (nSPS) is 9.69. The lowest BCUT2D eigenvalue weighted by Crippen LogP contribution is -2.26. The number of rotatable bonds is 2. The van der Waals surface area contributed by atoms with Crippen LogP contribution >= 0.6 is 0 Å². The molecule has 70 valence electrons. The molecule has 0 aliphatic rings. The van der Waals surface area contributed by atoms with Crippen LogP contribution in [0, 0.1) is 6.92 Å². The molecule has 0 fully saturated rings. The fourth-order valence-electron chi connectivity index (χ4n) is 1.17. The minimum Gasteiger partial charge on any atom is -0.514 e. The smallest absolute Gasteiger partial charge is 0.257 e. The lowest BCUT2D eigenvalue weighted by atomic mass is 10.1. The average molecular weight is 179 g/mol. The Morgan fingerprint density at radius 3 is 2.77 bits per heavy atom. The van der Waals surface area contributed by atoms with Gasteiger partial charge in [-0.15, -0.1) is 0 Å². The van der Waals surface area contributed by atoms with Gasteiger partial charge in [-0.25, -0.2) is 0 Å². The van der Waals surface area contributed by atoms with Crippen LogP contribution in [-0.2, 0) is 6.42 Å². The molecule has 3 nitrogen and oxygen atoms in total. The number of aryl methyl sites for hydroxylation is 2. The molecule has 0 unspecified atom stereocenters. The summed E-state index contributed by atoms with van der Waals surface area (Å²) >= 11 is 0. The molecule has 1 aromatic carbocycles. The monoisotopic (exact) mass is 179 g/mol. The molecule has 0 N–H and O–H groups in total. The third kappa shape index (κ3) is 2.47. The number of hydrogen-bond acceptors (Lipinski definition) is 3. The van der Waals surface area contributed by atoms with Crippen LogP contribution in [0.4, 0.5) is 4.79 Å². The zero-order valence-electron chi connectivity index (χ0n) is 7.66. The van der Waals surface area contributed by atoms with Crippen LogP contribution in [0.5, 0.6) is 5.75 Å². The van der Waals surface area contributed by atoms with Crippen LogP contribution in [0.1, 0.15) is 18.1 Å². The number of ether oxygens (including phenoxy) is 1. The van der Waals surface area contributed by atoms with Gasteiger partial charge in [0.25, 0.3) is 6.16 Å². The summed E-state index contributed by atoms with van der Waals surface area (Å²) in [7, 11) is 0. The van der Waals surface area contributed by atoms with Crippen molar-refractivity contribution in [1.29, 1.82) is 0 Å². The van der Waals surface area contributed by atoms with Crippen molar-refractivity contribution in [2.75, 3.05) is 0 Å². The van der Waals surface area contributed by atoms with E-state index in [0.717, 1.165) is 17.5 Å². The topological polar surface area (TPSA) is 49.4 Å². The molecule has 0 aliphatic heterocycles. The summed E-state index contributed by atoms with van der Waals surface area (Å²) in [4.78, 5) is 10.2. The summed E-state index contributed by atoms with van der Waals surface area (Å²) in [5.74, 6) is 0.369. The van der Waals surface area contributed by atoms with Crippen molar-refractivity contribution in [3.05, 3.63) is 29.3 Å². The zero-order valence-corrected chi connectivity index (χ0v) is 7.66. The second kappa shape index (κ2) is 3.94. The maximum Gasteiger partial charge on any atom is 0.257 e. The molecule has 3 heteroatoms. The van der Waals surface area contributed by atoms with E-state index in [0.29, 0.717) is 5.75 Å². The van der Waals surface area contributed by atoms with Crippen LogP contribution in [0.15, 0.2) is 18.2 Å². The maximum atomic E-state index is 10.2. The van der Waals surface area contributed by atoms with E-state index in [2.05, 4.69) is 4.74 Å². The molecule has 0 spiro atoms. The summed E-state index contributed by atoms with van der Waals surface area (Å²) < 4.78 is 4.50. The summed E-state index contributed by atoms with van der Waals surface area (Å²) in [5.41, 5.74) is 1.96. The predicted octanol–water partition coefficient (Wildman–Crippen LogP) is 1.28. The molecule has 0 aliphatic carbocycles. The minimum atomic E-state index is -1.52. The van der Waals surface area contributed by atoms with E-state index in [1.165, 1.54) is 0 Å². The van der Waals surface area contributed by atoms with E-state index in [1.807, 2.05) is 19.9 Å². The van der Waals surface area contributed by atoms with Gasteiger partial charge in [0.15, 0.2) is 0 Å². The number of carbonyl (C=O) groups is 1. The largest absolute Gasteiger partial charge is 0.514 e. The number of carboxylic acid groups (broad SMARTS) is 1. The molecule has 0 aromatic heterocycles. The minimum absolute atomic E-state index is 0.369. The fraction of sp³-hybridized carbons (Fsp3) is 0.300. The maximum absolute atomic E-state index is 10.2. The number of carbonyl (C=O) groups excluding carboxylic acids is 1. The molecule has 1 rings (SSSR count). The van der Waals surface area contributed by atoms with Crippen LogP contribution in [0.2, 0.25) is 0 Å². The van der Waals surface area contributed by atoms with Crippen molar-refractivity contribution in [2.24, 2.45) is 0 Å². The predicted molar refractivity (Wildman–Crippen MR) is 46.6 cm³/mol. The van der Waals surface area contributed by atoms with Gasteiger partial charge in [0.05, 0.1) is 5.75 Å². The molecule has 0 radical (unpaired) electrons. The SMILES string of the molecule is CCc1cc(C)ccc1OC(=O)[O-]. The third-order valence-corrected chi connectivity index (χ3v) is 1.79. The first-order valence-electron chi connectivity index (χ1n) is 4.12. The Balaban J connectivity index is 2.99. The second-order valence-corrected chi connectivity index (χ2v) is 2.82. The Kier molecular flexibility index (Phi) is 2.90. The highest BCUT2D eigenvalue weighted by Gasteiger charge is 1.99. The summed E-state index contributed by atoms with van der Waals surface area (Å²) in [6.45, 7) is 3.89. The number of benzene rings is 1. The quantitative estimate of drug-likeness (QED) is 0.507. The highest BCUT2D eigenvalue weighted by molar-refractivity contribution is 5.60. The fourth-order valence-corrected chi connectivity index (χ4v) is 1.17. The summed E-state index contributed by atoms with van der Waals surface area (Å²) in [5, 5.41) is 10.2. The first-order valence-corrected chi connectivity index (χ1v) is 4.12. The van der Waals surface area contributed by atoms with Crippen molar-refractivity contribution in [3.8, 4) is 5.75 Å². The average Bonchev–Trinajstić information content (AvgIpc) is 2.07. The summed E-state index contributed by atoms with van der Waals surface area (Å²) in [6, 6.07) is 5.35. The van der Waals surface area contributed by atoms with Gasteiger partial charge in [0.2, 0.25) is 0 Å². The molecule has 1 aromatic rings. The van der Waals surface area contributed by atoms with Gasteiger partial charge >= 0.3 is 0 Å². The molecular weight excluding hydrogens is 168 g/mol. The second-order valence-electron chi connectivity index (χ2n) is 2.82. The Labute approximate surface area is 77.0 Å². The van der Waals surface area contributed by atoms with Gasteiger partial charge in [-0.1, -0.05) is 24.6 Å². The van der Waals surface area contributed by atoms with E-state index in [4.69, 9.17) is 0 Å². The Bertz CT molecular complexity index is 318. The molecule has 0 atom stereocenters. The van der Waals surface area contributed by atoms with Crippen molar-refractivity contribution in [2.45, 2.75) is 20.3 Å². The molecule has 0 saturated carbocycles. The highest BCUT2D eigenvalue weighted by Crippen LogP contribution is 2.20. The standard InChI is InChI=1S/C10H12O3/c1-3-8-6-7(2)4-5-9(8)13-10(11)12/h4-6H,3H2,1-2H3,(H,11,12)/p-1. The van der Waals surface area contributed by atoms with Gasteiger partial charge in [-0.2, -0.15) is 0 Å². The molecule has 0 amide bonds. The molecule has 0 bridgehead atoms. The van der Waals surface area contributed by atoms with Crippen LogP contribution < -0.4 is 9.84 Å². The molecule has 0 heterocycles. The highest BCUT2D eigenvalue weighted by atomic mass is 16.7. The van der Waals surface area contributed by atoms with Crippen LogP contribution in [-0.4, -0.2) is 6.16 Å². The van der Waals surface area contributed by atoms with Crippen molar-refractivity contribution in [3.63, 3.8) is 0 Å².